The fraction of sp³-hybridized carbons (Fsp3) is 0.414. The van der Waals surface area contributed by atoms with Crippen LogP contribution in [0.4, 0.5) is 5.95 Å². The number of amides is 1. The number of nitrogens with one attached hydrogen (secondary N) is 2. The molecule has 0 spiro atoms. The number of anilines is 1. The highest BCUT2D eigenvalue weighted by Crippen LogP contribution is 2.22. The fourth-order valence-electron chi connectivity index (χ4n) is 5.14. The van der Waals surface area contributed by atoms with Crippen molar-refractivity contribution in [2.24, 2.45) is 0 Å². The second-order valence-electron chi connectivity index (χ2n) is 9.86. The monoisotopic (exact) mass is 469 g/mol. The Hall–Kier alpha value is -3.25. The Morgan fingerprint density at radius 1 is 0.800 bits per heavy atom. The zero-order valence-electron chi connectivity index (χ0n) is 20.3. The first kappa shape index (κ1) is 23.5. The summed E-state index contributed by atoms with van der Waals surface area (Å²) in [5.41, 5.74) is 4.00. The van der Waals surface area contributed by atoms with Gasteiger partial charge in [-0.2, -0.15) is 0 Å². The summed E-state index contributed by atoms with van der Waals surface area (Å²) in [6.07, 6.45) is 12.0. The summed E-state index contributed by atoms with van der Waals surface area (Å²) in [7, 11) is 0. The Labute approximate surface area is 208 Å². The van der Waals surface area contributed by atoms with Crippen molar-refractivity contribution in [3.63, 3.8) is 0 Å². The molecule has 1 aromatic heterocycles. The van der Waals surface area contributed by atoms with Crippen LogP contribution in [0.15, 0.2) is 67.0 Å². The molecule has 2 heterocycles. The zero-order chi connectivity index (χ0) is 23.9. The van der Waals surface area contributed by atoms with Crippen molar-refractivity contribution < 1.29 is 4.79 Å². The molecule has 0 radical (unpaired) electrons. The highest BCUT2D eigenvalue weighted by Gasteiger charge is 2.21. The average Bonchev–Trinajstić information content (AvgIpc) is 2.91. The van der Waals surface area contributed by atoms with E-state index >= 15 is 0 Å². The van der Waals surface area contributed by atoms with E-state index in [1.54, 1.807) is 0 Å². The number of rotatable bonds is 7. The van der Waals surface area contributed by atoms with Crippen LogP contribution in [0.2, 0.25) is 0 Å². The standard InChI is InChI=1S/C29H35N5O/c35-28(32-27-15-17-34(18-16-27)21-22-7-3-1-4-8-22)24-13-11-23(12-14-24)25-19-30-29(31-20-25)33-26-9-5-2-6-10-26/h1,3-4,7-8,11-14,19-20,26-27H,2,5-6,9-10,15-18,21H2,(H,32,35)(H,30,31,33). The van der Waals surface area contributed by atoms with Crippen LogP contribution in [0, 0.1) is 0 Å². The van der Waals surface area contributed by atoms with Crippen molar-refractivity contribution in [1.82, 2.24) is 20.2 Å². The molecule has 182 valence electrons. The molecule has 3 aromatic rings. The van der Waals surface area contributed by atoms with E-state index in [0.717, 1.165) is 43.6 Å². The molecular weight excluding hydrogens is 434 g/mol. The minimum atomic E-state index is 0.00124. The number of aromatic nitrogens is 2. The summed E-state index contributed by atoms with van der Waals surface area (Å²) < 4.78 is 0. The SMILES string of the molecule is O=C(NC1CCN(Cc2ccccc2)CC1)c1ccc(-c2cnc(NC3CCCCC3)nc2)cc1. The molecule has 0 unspecified atom stereocenters. The third-order valence-corrected chi connectivity index (χ3v) is 7.24. The largest absolute Gasteiger partial charge is 0.351 e. The van der Waals surface area contributed by atoms with Crippen molar-refractivity contribution in [3.8, 4) is 11.1 Å². The van der Waals surface area contributed by atoms with E-state index in [2.05, 4.69) is 55.8 Å². The second-order valence-corrected chi connectivity index (χ2v) is 9.86. The van der Waals surface area contributed by atoms with E-state index in [9.17, 15) is 4.79 Å². The molecule has 2 aliphatic rings. The number of hydrogen-bond acceptors (Lipinski definition) is 5. The number of nitrogens with zero attached hydrogens (tertiary/aromatic N) is 3. The van der Waals surface area contributed by atoms with Crippen molar-refractivity contribution >= 4 is 11.9 Å². The van der Waals surface area contributed by atoms with Gasteiger partial charge in [0.05, 0.1) is 0 Å². The van der Waals surface area contributed by atoms with Crippen LogP contribution in [-0.2, 0) is 6.54 Å². The van der Waals surface area contributed by atoms with Gasteiger partial charge in [-0.1, -0.05) is 61.7 Å². The molecule has 2 N–H and O–H groups in total. The fourth-order valence-corrected chi connectivity index (χ4v) is 5.14. The topological polar surface area (TPSA) is 70.2 Å². The van der Waals surface area contributed by atoms with Gasteiger partial charge in [0.15, 0.2) is 0 Å². The third kappa shape index (κ3) is 6.45. The lowest BCUT2D eigenvalue weighted by atomic mass is 9.96. The number of carbonyl (C=O) groups excluding carboxylic acids is 1. The van der Waals surface area contributed by atoms with Crippen molar-refractivity contribution in [2.75, 3.05) is 18.4 Å². The molecule has 0 atom stereocenters. The molecule has 1 amide bonds. The summed E-state index contributed by atoms with van der Waals surface area (Å²) >= 11 is 0. The van der Waals surface area contributed by atoms with Crippen LogP contribution >= 0.6 is 0 Å². The molecule has 0 bridgehead atoms. The molecule has 6 nitrogen and oxygen atoms in total. The van der Waals surface area contributed by atoms with Crippen LogP contribution in [-0.4, -0.2) is 45.9 Å². The molecule has 5 rings (SSSR count). The van der Waals surface area contributed by atoms with Gasteiger partial charge in [0.2, 0.25) is 5.95 Å². The molecule has 1 aliphatic carbocycles. The maximum absolute atomic E-state index is 12.8. The van der Waals surface area contributed by atoms with Gasteiger partial charge in [-0.05, 0) is 48.9 Å². The maximum atomic E-state index is 12.8. The van der Waals surface area contributed by atoms with Crippen LogP contribution < -0.4 is 10.6 Å². The zero-order valence-corrected chi connectivity index (χ0v) is 20.3. The predicted octanol–water partition coefficient (Wildman–Crippen LogP) is 5.28. The first-order valence-corrected chi connectivity index (χ1v) is 13.0. The molecule has 6 heteroatoms. The molecule has 1 aliphatic heterocycles. The van der Waals surface area contributed by atoms with Crippen molar-refractivity contribution in [2.45, 2.75) is 63.6 Å². The summed E-state index contributed by atoms with van der Waals surface area (Å²) in [6, 6.07) is 19.0. The summed E-state index contributed by atoms with van der Waals surface area (Å²) in [6.45, 7) is 2.99. The van der Waals surface area contributed by atoms with E-state index in [4.69, 9.17) is 0 Å². The molecule has 2 aromatic carbocycles. The van der Waals surface area contributed by atoms with Crippen LogP contribution in [0.3, 0.4) is 0 Å². The van der Waals surface area contributed by atoms with E-state index in [1.165, 1.54) is 37.7 Å². The Kier molecular flexibility index (Phi) is 7.69. The molecule has 35 heavy (non-hydrogen) atoms. The summed E-state index contributed by atoms with van der Waals surface area (Å²) in [4.78, 5) is 24.3. The van der Waals surface area contributed by atoms with E-state index in [0.29, 0.717) is 17.6 Å². The molecule has 1 saturated carbocycles. The minimum Gasteiger partial charge on any atom is -0.351 e. The van der Waals surface area contributed by atoms with Gasteiger partial charge in [-0.25, -0.2) is 9.97 Å². The predicted molar refractivity (Wildman–Crippen MR) is 140 cm³/mol. The third-order valence-electron chi connectivity index (χ3n) is 7.24. The maximum Gasteiger partial charge on any atom is 0.251 e. The van der Waals surface area contributed by atoms with Gasteiger partial charge in [0, 0.05) is 55.2 Å². The number of piperidine rings is 1. The highest BCUT2D eigenvalue weighted by atomic mass is 16.1. The molecule has 2 fully saturated rings. The molecular formula is C29H35N5O. The lowest BCUT2D eigenvalue weighted by Gasteiger charge is -2.32. The minimum absolute atomic E-state index is 0.00124. The van der Waals surface area contributed by atoms with Crippen molar-refractivity contribution in [3.05, 3.63) is 78.1 Å². The van der Waals surface area contributed by atoms with E-state index < -0.39 is 0 Å². The summed E-state index contributed by atoms with van der Waals surface area (Å²) in [5, 5.41) is 6.69. The van der Waals surface area contributed by atoms with Gasteiger partial charge >= 0.3 is 0 Å². The smallest absolute Gasteiger partial charge is 0.251 e. The lowest BCUT2D eigenvalue weighted by molar-refractivity contribution is 0.0909. The highest BCUT2D eigenvalue weighted by molar-refractivity contribution is 5.94. The molecule has 1 saturated heterocycles. The lowest BCUT2D eigenvalue weighted by Crippen LogP contribution is -2.44. The van der Waals surface area contributed by atoms with Gasteiger partial charge < -0.3 is 10.6 Å². The first-order valence-electron chi connectivity index (χ1n) is 13.0. The van der Waals surface area contributed by atoms with Crippen molar-refractivity contribution in [1.29, 1.82) is 0 Å². The van der Waals surface area contributed by atoms with Gasteiger partial charge in [0.25, 0.3) is 5.91 Å². The summed E-state index contributed by atoms with van der Waals surface area (Å²) in [5.74, 6) is 0.702. The Morgan fingerprint density at radius 3 is 2.17 bits per heavy atom. The number of likely N-dealkylation sites (tertiary alicyclic amines) is 1. The Morgan fingerprint density at radius 2 is 1.49 bits per heavy atom. The quantitative estimate of drug-likeness (QED) is 0.493. The van der Waals surface area contributed by atoms with Gasteiger partial charge in [-0.3, -0.25) is 9.69 Å². The van der Waals surface area contributed by atoms with E-state index in [-0.39, 0.29) is 11.9 Å². The van der Waals surface area contributed by atoms with Gasteiger partial charge in [0.1, 0.15) is 0 Å². The number of carbonyl (C=O) groups is 1. The normalized spacial score (nSPS) is 17.7. The van der Waals surface area contributed by atoms with Crippen LogP contribution in [0.25, 0.3) is 11.1 Å². The van der Waals surface area contributed by atoms with Gasteiger partial charge in [-0.15, -0.1) is 0 Å². The Bertz CT molecular complexity index is 1070. The van der Waals surface area contributed by atoms with Crippen LogP contribution in [0.5, 0.6) is 0 Å². The van der Waals surface area contributed by atoms with E-state index in [1.807, 2.05) is 36.7 Å². The van der Waals surface area contributed by atoms with Crippen LogP contribution in [0.1, 0.15) is 60.9 Å². The first-order chi connectivity index (χ1) is 17.2. The number of hydrogen-bond donors (Lipinski definition) is 2. The Balaban J connectivity index is 1.10. The number of benzene rings is 2. The average molecular weight is 470 g/mol. The second kappa shape index (κ2) is 11.5.